The second-order valence-electron chi connectivity index (χ2n) is 8.88. The van der Waals surface area contributed by atoms with E-state index < -0.39 is 17.8 Å². The van der Waals surface area contributed by atoms with Crippen molar-refractivity contribution >= 4 is 46.9 Å². The predicted octanol–water partition coefficient (Wildman–Crippen LogP) is 5.19. The number of halogens is 1. The Kier molecular flexibility index (Phi) is 5.91. The first-order valence-corrected chi connectivity index (χ1v) is 11.8. The van der Waals surface area contributed by atoms with Crippen LogP contribution in [0.25, 0.3) is 6.08 Å². The van der Waals surface area contributed by atoms with Gasteiger partial charge in [-0.25, -0.2) is 9.69 Å². The van der Waals surface area contributed by atoms with E-state index >= 15 is 0 Å². The van der Waals surface area contributed by atoms with Gasteiger partial charge in [-0.05, 0) is 84.5 Å². The molecule has 3 aromatic carbocycles. The number of hydrogen-bond acceptors (Lipinski definition) is 4. The van der Waals surface area contributed by atoms with Gasteiger partial charge in [0, 0.05) is 23.8 Å². The molecule has 0 saturated carbocycles. The van der Waals surface area contributed by atoms with Crippen LogP contribution in [0.1, 0.15) is 27.8 Å². The quantitative estimate of drug-likeness (QED) is 0.408. The molecule has 2 aliphatic heterocycles. The fourth-order valence-corrected chi connectivity index (χ4v) is 4.70. The average Bonchev–Trinajstić information content (AvgIpc) is 3.22. The van der Waals surface area contributed by atoms with Crippen LogP contribution in [0, 0.1) is 13.8 Å². The second kappa shape index (κ2) is 9.04. The summed E-state index contributed by atoms with van der Waals surface area (Å²) < 4.78 is 0. The number of fused-ring (bicyclic) bond motifs is 1. The summed E-state index contributed by atoms with van der Waals surface area (Å²) in [5.41, 5.74) is 6.39. The third kappa shape index (κ3) is 4.33. The summed E-state index contributed by atoms with van der Waals surface area (Å²) in [6.07, 6.45) is 2.40. The predicted molar refractivity (Wildman–Crippen MR) is 138 cm³/mol. The summed E-state index contributed by atoms with van der Waals surface area (Å²) in [7, 11) is 0. The van der Waals surface area contributed by atoms with Crippen molar-refractivity contribution in [1.82, 2.24) is 5.32 Å². The summed E-state index contributed by atoms with van der Waals surface area (Å²) in [6, 6.07) is 18.3. The number of aryl methyl sites for hydroxylation is 2. The van der Waals surface area contributed by atoms with E-state index in [1.165, 1.54) is 0 Å². The highest BCUT2D eigenvalue weighted by Gasteiger charge is 2.37. The Morgan fingerprint density at radius 2 is 1.77 bits per heavy atom. The molecule has 35 heavy (non-hydrogen) atoms. The van der Waals surface area contributed by atoms with Crippen LogP contribution >= 0.6 is 11.6 Å². The van der Waals surface area contributed by atoms with Gasteiger partial charge in [0.15, 0.2) is 0 Å². The highest BCUT2D eigenvalue weighted by Crippen LogP contribution is 2.32. The van der Waals surface area contributed by atoms with E-state index in [2.05, 4.69) is 10.2 Å². The molecule has 2 heterocycles. The van der Waals surface area contributed by atoms with Gasteiger partial charge in [-0.15, -0.1) is 0 Å². The summed E-state index contributed by atoms with van der Waals surface area (Å²) in [6.45, 7) is 5.43. The molecule has 176 valence electrons. The zero-order valence-electron chi connectivity index (χ0n) is 19.5. The average molecular weight is 486 g/mol. The summed E-state index contributed by atoms with van der Waals surface area (Å²) >= 11 is 6.34. The number of anilines is 2. The van der Waals surface area contributed by atoms with E-state index in [0.717, 1.165) is 56.4 Å². The maximum absolute atomic E-state index is 13.2. The normalized spacial score (nSPS) is 16.7. The van der Waals surface area contributed by atoms with Gasteiger partial charge in [0.25, 0.3) is 11.8 Å². The molecule has 0 unspecified atom stereocenters. The fourth-order valence-electron chi connectivity index (χ4n) is 4.50. The molecule has 2 aliphatic rings. The first kappa shape index (κ1) is 22.9. The van der Waals surface area contributed by atoms with Crippen LogP contribution in [0.4, 0.5) is 16.2 Å². The van der Waals surface area contributed by atoms with Crippen molar-refractivity contribution in [3.05, 3.63) is 99.1 Å². The first-order valence-electron chi connectivity index (χ1n) is 11.4. The number of hydrogen-bond donors (Lipinski definition) is 1. The lowest BCUT2D eigenvalue weighted by Gasteiger charge is -2.27. The van der Waals surface area contributed by atoms with Gasteiger partial charge in [-0.2, -0.15) is 0 Å². The van der Waals surface area contributed by atoms with Gasteiger partial charge in [-0.3, -0.25) is 14.9 Å². The van der Waals surface area contributed by atoms with Crippen LogP contribution in [0.3, 0.4) is 0 Å². The molecule has 0 aromatic heterocycles. The number of rotatable bonds is 4. The minimum Gasteiger partial charge on any atom is -0.367 e. The molecule has 1 saturated heterocycles. The molecule has 5 rings (SSSR count). The Morgan fingerprint density at radius 3 is 2.54 bits per heavy atom. The van der Waals surface area contributed by atoms with E-state index in [1.54, 1.807) is 18.2 Å². The van der Waals surface area contributed by atoms with Crippen molar-refractivity contribution in [2.45, 2.75) is 26.8 Å². The fraction of sp³-hybridized carbons (Fsp3) is 0.179. The number of nitrogens with zero attached hydrogens (tertiary/aromatic N) is 2. The Hall–Kier alpha value is -3.90. The van der Waals surface area contributed by atoms with Crippen LogP contribution in [-0.4, -0.2) is 24.4 Å². The molecule has 3 aromatic rings. The molecule has 0 bridgehead atoms. The van der Waals surface area contributed by atoms with E-state index in [1.807, 2.05) is 62.4 Å². The van der Waals surface area contributed by atoms with Crippen LogP contribution in [0.2, 0.25) is 5.02 Å². The molecular formula is C28H24ClN3O3. The summed E-state index contributed by atoms with van der Waals surface area (Å²) in [5, 5.41) is 3.04. The molecule has 1 N–H and O–H groups in total. The Bertz CT molecular complexity index is 1410. The standard InChI is InChI=1S/C28H24ClN3O3/c1-17-7-9-22(13-18(17)2)32-27(34)23(26(33)30-28(32)35)15-19-8-10-25-20(14-19)11-12-31(25)16-21-5-3-4-6-24(21)29/h3-10,13-15H,11-12,16H2,1-2H3,(H,30,33,35)/b23-15-. The first-order chi connectivity index (χ1) is 16.8. The number of imide groups is 2. The van der Waals surface area contributed by atoms with E-state index in [9.17, 15) is 14.4 Å². The van der Waals surface area contributed by atoms with E-state index in [-0.39, 0.29) is 5.57 Å². The third-order valence-electron chi connectivity index (χ3n) is 6.58. The van der Waals surface area contributed by atoms with Gasteiger partial charge >= 0.3 is 6.03 Å². The molecule has 4 amide bonds. The van der Waals surface area contributed by atoms with Crippen molar-refractivity contribution in [3.63, 3.8) is 0 Å². The summed E-state index contributed by atoms with van der Waals surface area (Å²) in [4.78, 5) is 41.6. The van der Waals surface area contributed by atoms with Crippen molar-refractivity contribution < 1.29 is 14.4 Å². The van der Waals surface area contributed by atoms with Gasteiger partial charge in [0.05, 0.1) is 5.69 Å². The smallest absolute Gasteiger partial charge is 0.335 e. The molecule has 0 atom stereocenters. The van der Waals surface area contributed by atoms with Crippen LogP contribution in [-0.2, 0) is 22.6 Å². The van der Waals surface area contributed by atoms with Crippen molar-refractivity contribution in [1.29, 1.82) is 0 Å². The van der Waals surface area contributed by atoms with Crippen LogP contribution < -0.4 is 15.1 Å². The minimum atomic E-state index is -0.746. The zero-order valence-corrected chi connectivity index (χ0v) is 20.2. The molecule has 6 nitrogen and oxygen atoms in total. The number of nitrogens with one attached hydrogen (secondary N) is 1. The maximum Gasteiger partial charge on any atom is 0.335 e. The van der Waals surface area contributed by atoms with E-state index in [4.69, 9.17) is 11.6 Å². The number of carbonyl (C=O) groups is 3. The topological polar surface area (TPSA) is 69.7 Å². The van der Waals surface area contributed by atoms with Crippen molar-refractivity contribution in [2.75, 3.05) is 16.3 Å². The number of carbonyl (C=O) groups excluding carboxylic acids is 3. The summed E-state index contributed by atoms with van der Waals surface area (Å²) in [5.74, 6) is -1.33. The highest BCUT2D eigenvalue weighted by molar-refractivity contribution is 6.39. The van der Waals surface area contributed by atoms with Gasteiger partial charge in [0.1, 0.15) is 5.57 Å². The van der Waals surface area contributed by atoms with Crippen molar-refractivity contribution in [2.24, 2.45) is 0 Å². The van der Waals surface area contributed by atoms with Crippen LogP contribution in [0.5, 0.6) is 0 Å². The number of barbiturate groups is 1. The van der Waals surface area contributed by atoms with Crippen molar-refractivity contribution in [3.8, 4) is 0 Å². The highest BCUT2D eigenvalue weighted by atomic mass is 35.5. The lowest BCUT2D eigenvalue weighted by molar-refractivity contribution is -0.122. The second-order valence-corrected chi connectivity index (χ2v) is 9.28. The molecule has 0 aliphatic carbocycles. The number of urea groups is 1. The number of benzene rings is 3. The molecule has 7 heteroatoms. The Balaban J connectivity index is 1.42. The maximum atomic E-state index is 13.2. The molecule has 0 radical (unpaired) electrons. The molecule has 1 fully saturated rings. The Labute approximate surface area is 208 Å². The van der Waals surface area contributed by atoms with Gasteiger partial charge in [0.2, 0.25) is 0 Å². The van der Waals surface area contributed by atoms with E-state index in [0.29, 0.717) is 12.2 Å². The molecule has 0 spiro atoms. The van der Waals surface area contributed by atoms with Crippen LogP contribution in [0.15, 0.2) is 66.2 Å². The number of amides is 4. The lowest BCUT2D eigenvalue weighted by Crippen LogP contribution is -2.54. The Morgan fingerprint density at radius 1 is 0.971 bits per heavy atom. The largest absolute Gasteiger partial charge is 0.367 e. The minimum absolute atomic E-state index is 0.0753. The van der Waals surface area contributed by atoms with Gasteiger partial charge in [-0.1, -0.05) is 41.9 Å². The van der Waals surface area contributed by atoms with Gasteiger partial charge < -0.3 is 4.90 Å². The monoisotopic (exact) mass is 485 g/mol. The SMILES string of the molecule is Cc1ccc(N2C(=O)NC(=O)/C(=C/c3ccc4c(c3)CCN4Cc3ccccc3Cl)C2=O)cc1C. The molecular weight excluding hydrogens is 462 g/mol. The third-order valence-corrected chi connectivity index (χ3v) is 6.94. The zero-order chi connectivity index (χ0) is 24.7. The lowest BCUT2D eigenvalue weighted by atomic mass is 10.0.